The highest BCUT2D eigenvalue weighted by Crippen LogP contribution is 2.07. The molecule has 0 rings (SSSR count). The number of ether oxygens (including phenoxy) is 2. The first-order chi connectivity index (χ1) is 6.85. The molecule has 0 fully saturated rings. The summed E-state index contributed by atoms with van der Waals surface area (Å²) in [7, 11) is 0. The predicted octanol–water partition coefficient (Wildman–Crippen LogP) is 2.81. The molecule has 0 radical (unpaired) electrons. The molecular weight excluding hydrogens is 176 g/mol. The third-order valence-electron chi connectivity index (χ3n) is 1.88. The fraction of sp³-hybridized carbons (Fsp3) is 0.667. The molecular formula is C12H22O2. The summed E-state index contributed by atoms with van der Waals surface area (Å²) in [6.45, 7) is 12.2. The second kappa shape index (κ2) is 10.5. The van der Waals surface area contributed by atoms with Crippen LogP contribution in [0.2, 0.25) is 0 Å². The Hall–Kier alpha value is -0.600. The van der Waals surface area contributed by atoms with Crippen LogP contribution in [0.25, 0.3) is 0 Å². The van der Waals surface area contributed by atoms with Crippen LogP contribution in [0, 0.1) is 5.92 Å². The van der Waals surface area contributed by atoms with Crippen molar-refractivity contribution in [2.24, 2.45) is 5.92 Å². The van der Waals surface area contributed by atoms with Crippen molar-refractivity contribution >= 4 is 0 Å². The van der Waals surface area contributed by atoms with Crippen molar-refractivity contribution in [3.63, 3.8) is 0 Å². The molecule has 14 heavy (non-hydrogen) atoms. The Morgan fingerprint density at radius 3 is 1.93 bits per heavy atom. The second-order valence-electron chi connectivity index (χ2n) is 3.31. The van der Waals surface area contributed by atoms with Crippen molar-refractivity contribution in [1.82, 2.24) is 0 Å². The summed E-state index contributed by atoms with van der Waals surface area (Å²) in [6, 6.07) is 0. The van der Waals surface area contributed by atoms with Gasteiger partial charge in [0.15, 0.2) is 0 Å². The van der Waals surface area contributed by atoms with E-state index in [2.05, 4.69) is 20.1 Å². The minimum absolute atomic E-state index is 0.500. The average Bonchev–Trinajstić information content (AvgIpc) is 2.18. The first-order valence-corrected chi connectivity index (χ1v) is 5.22. The van der Waals surface area contributed by atoms with Crippen molar-refractivity contribution in [2.75, 3.05) is 26.4 Å². The maximum Gasteiger partial charge on any atom is 0.0644 e. The van der Waals surface area contributed by atoms with Crippen LogP contribution in [0.15, 0.2) is 25.3 Å². The highest BCUT2D eigenvalue weighted by atomic mass is 16.5. The van der Waals surface area contributed by atoms with Gasteiger partial charge < -0.3 is 9.47 Å². The summed E-state index contributed by atoms with van der Waals surface area (Å²) < 4.78 is 10.8. The zero-order valence-corrected chi connectivity index (χ0v) is 9.21. The van der Waals surface area contributed by atoms with Crippen LogP contribution in [0.1, 0.15) is 19.8 Å². The summed E-state index contributed by atoms with van der Waals surface area (Å²) in [5.74, 6) is 0.500. The van der Waals surface area contributed by atoms with E-state index in [1.54, 1.807) is 12.2 Å². The molecule has 2 heteroatoms. The molecule has 0 aliphatic rings. The monoisotopic (exact) mass is 198 g/mol. The lowest BCUT2D eigenvalue weighted by Gasteiger charge is -2.15. The Morgan fingerprint density at radius 2 is 1.57 bits per heavy atom. The minimum Gasteiger partial charge on any atom is -0.377 e. The van der Waals surface area contributed by atoms with E-state index in [0.717, 1.165) is 19.6 Å². The maximum absolute atomic E-state index is 5.40. The zero-order chi connectivity index (χ0) is 10.6. The van der Waals surface area contributed by atoms with E-state index >= 15 is 0 Å². The van der Waals surface area contributed by atoms with Gasteiger partial charge >= 0.3 is 0 Å². The molecule has 0 spiro atoms. The van der Waals surface area contributed by atoms with Gasteiger partial charge in [0.25, 0.3) is 0 Å². The van der Waals surface area contributed by atoms with Crippen LogP contribution in [0.3, 0.4) is 0 Å². The molecule has 0 saturated carbocycles. The van der Waals surface area contributed by atoms with Gasteiger partial charge in [0.2, 0.25) is 0 Å². The Labute approximate surface area is 87.6 Å². The molecule has 0 saturated heterocycles. The lowest BCUT2D eigenvalue weighted by molar-refractivity contribution is 0.0548. The van der Waals surface area contributed by atoms with Crippen LogP contribution in [-0.4, -0.2) is 26.4 Å². The van der Waals surface area contributed by atoms with E-state index in [4.69, 9.17) is 9.47 Å². The molecule has 0 aromatic heterocycles. The molecule has 0 aromatic carbocycles. The van der Waals surface area contributed by atoms with Crippen molar-refractivity contribution in [3.05, 3.63) is 25.3 Å². The van der Waals surface area contributed by atoms with E-state index in [0.29, 0.717) is 19.1 Å². The quantitative estimate of drug-likeness (QED) is 0.397. The van der Waals surface area contributed by atoms with E-state index in [1.165, 1.54) is 6.42 Å². The van der Waals surface area contributed by atoms with Crippen molar-refractivity contribution < 1.29 is 9.47 Å². The van der Waals surface area contributed by atoms with Gasteiger partial charge in [0, 0.05) is 5.92 Å². The van der Waals surface area contributed by atoms with Crippen LogP contribution < -0.4 is 0 Å². The summed E-state index contributed by atoms with van der Waals surface area (Å²) in [5.41, 5.74) is 0. The summed E-state index contributed by atoms with van der Waals surface area (Å²) >= 11 is 0. The van der Waals surface area contributed by atoms with Crippen LogP contribution in [0.4, 0.5) is 0 Å². The molecule has 0 aliphatic heterocycles. The van der Waals surface area contributed by atoms with Gasteiger partial charge in [0.1, 0.15) is 0 Å². The first kappa shape index (κ1) is 13.4. The number of rotatable bonds is 10. The smallest absolute Gasteiger partial charge is 0.0644 e. The number of hydrogen-bond acceptors (Lipinski definition) is 2. The number of hydrogen-bond donors (Lipinski definition) is 0. The summed E-state index contributed by atoms with van der Waals surface area (Å²) in [4.78, 5) is 0. The lowest BCUT2D eigenvalue weighted by atomic mass is 10.1. The van der Waals surface area contributed by atoms with E-state index in [-0.39, 0.29) is 0 Å². The third-order valence-corrected chi connectivity index (χ3v) is 1.88. The zero-order valence-electron chi connectivity index (χ0n) is 9.21. The standard InChI is InChI=1S/C12H22O2/c1-4-7-12(10-13-8-5-2)11-14-9-6-3/h5-6,12H,2-4,7-11H2,1H3. The van der Waals surface area contributed by atoms with Crippen LogP contribution in [-0.2, 0) is 9.47 Å². The van der Waals surface area contributed by atoms with E-state index in [9.17, 15) is 0 Å². The van der Waals surface area contributed by atoms with Crippen LogP contribution in [0.5, 0.6) is 0 Å². The van der Waals surface area contributed by atoms with Gasteiger partial charge in [-0.15, -0.1) is 13.2 Å². The Balaban J connectivity index is 3.53. The highest BCUT2D eigenvalue weighted by Gasteiger charge is 2.07. The highest BCUT2D eigenvalue weighted by molar-refractivity contribution is 4.67. The minimum atomic E-state index is 0.500. The Kier molecular flexibility index (Phi) is 10.0. The van der Waals surface area contributed by atoms with Gasteiger partial charge in [-0.1, -0.05) is 25.5 Å². The van der Waals surface area contributed by atoms with E-state index < -0.39 is 0 Å². The van der Waals surface area contributed by atoms with Gasteiger partial charge in [-0.2, -0.15) is 0 Å². The molecule has 0 amide bonds. The topological polar surface area (TPSA) is 18.5 Å². The largest absolute Gasteiger partial charge is 0.377 e. The van der Waals surface area contributed by atoms with Crippen molar-refractivity contribution in [3.8, 4) is 0 Å². The van der Waals surface area contributed by atoms with Crippen molar-refractivity contribution in [2.45, 2.75) is 19.8 Å². The molecule has 82 valence electrons. The predicted molar refractivity (Wildman–Crippen MR) is 60.4 cm³/mol. The van der Waals surface area contributed by atoms with Gasteiger partial charge in [-0.05, 0) is 6.42 Å². The van der Waals surface area contributed by atoms with Gasteiger partial charge in [-0.25, -0.2) is 0 Å². The van der Waals surface area contributed by atoms with Crippen LogP contribution >= 0.6 is 0 Å². The Morgan fingerprint density at radius 1 is 1.07 bits per heavy atom. The molecule has 0 aromatic rings. The fourth-order valence-corrected chi connectivity index (χ4v) is 1.26. The van der Waals surface area contributed by atoms with Gasteiger partial charge in [-0.3, -0.25) is 0 Å². The lowest BCUT2D eigenvalue weighted by Crippen LogP contribution is -2.16. The average molecular weight is 198 g/mol. The fourth-order valence-electron chi connectivity index (χ4n) is 1.26. The maximum atomic E-state index is 5.40. The SMILES string of the molecule is C=CCOCC(CCC)COCC=C. The molecule has 0 heterocycles. The third kappa shape index (κ3) is 8.02. The summed E-state index contributed by atoms with van der Waals surface area (Å²) in [6.07, 6.45) is 5.86. The van der Waals surface area contributed by atoms with Gasteiger partial charge in [0.05, 0.1) is 26.4 Å². The van der Waals surface area contributed by atoms with Crippen molar-refractivity contribution in [1.29, 1.82) is 0 Å². The normalized spacial score (nSPS) is 10.4. The van der Waals surface area contributed by atoms with E-state index in [1.807, 2.05) is 0 Å². The molecule has 0 unspecified atom stereocenters. The Bertz CT molecular complexity index is 129. The molecule has 0 aliphatic carbocycles. The first-order valence-electron chi connectivity index (χ1n) is 5.22. The summed E-state index contributed by atoms with van der Waals surface area (Å²) in [5, 5.41) is 0. The molecule has 2 nitrogen and oxygen atoms in total. The molecule has 0 atom stereocenters. The molecule has 0 bridgehead atoms. The molecule has 0 N–H and O–H groups in total. The second-order valence-corrected chi connectivity index (χ2v) is 3.31.